The number of piperidine rings is 2. The van der Waals surface area contributed by atoms with Gasteiger partial charge >= 0.3 is 6.18 Å². The van der Waals surface area contributed by atoms with Crippen molar-refractivity contribution in [2.75, 3.05) is 13.1 Å². The Morgan fingerprint density at radius 2 is 1.89 bits per heavy atom. The molecule has 19 heavy (non-hydrogen) atoms. The quantitative estimate of drug-likeness (QED) is 0.905. The molecule has 0 amide bonds. The Morgan fingerprint density at radius 3 is 2.47 bits per heavy atom. The van der Waals surface area contributed by atoms with Crippen LogP contribution < -0.4 is 10.1 Å². The van der Waals surface area contributed by atoms with Crippen molar-refractivity contribution >= 4 is 12.4 Å². The maximum absolute atomic E-state index is 12.5. The van der Waals surface area contributed by atoms with E-state index in [1.54, 1.807) is 0 Å². The second-order valence-corrected chi connectivity index (χ2v) is 4.74. The van der Waals surface area contributed by atoms with Crippen molar-refractivity contribution in [3.8, 4) is 5.88 Å². The van der Waals surface area contributed by atoms with E-state index >= 15 is 0 Å². The Labute approximate surface area is 114 Å². The van der Waals surface area contributed by atoms with E-state index in [-0.39, 0.29) is 24.4 Å². The number of hydrogen-bond acceptors (Lipinski definition) is 4. The zero-order valence-electron chi connectivity index (χ0n) is 9.85. The van der Waals surface area contributed by atoms with E-state index in [9.17, 15) is 13.2 Å². The fourth-order valence-electron chi connectivity index (χ4n) is 2.59. The summed E-state index contributed by atoms with van der Waals surface area (Å²) >= 11 is 0. The highest BCUT2D eigenvalue weighted by atomic mass is 35.5. The molecule has 3 atom stereocenters. The summed E-state index contributed by atoms with van der Waals surface area (Å²) in [5.41, 5.74) is -0.963. The van der Waals surface area contributed by atoms with Gasteiger partial charge in [0.15, 0.2) is 5.69 Å². The normalized spacial score (nSPS) is 29.1. The molecule has 0 radical (unpaired) electrons. The summed E-state index contributed by atoms with van der Waals surface area (Å²) in [6, 6.07) is 0.863. The van der Waals surface area contributed by atoms with Gasteiger partial charge in [0, 0.05) is 31.0 Å². The molecule has 3 rings (SSSR count). The molecule has 1 aromatic heterocycles. The Balaban J connectivity index is 0.00000133. The van der Waals surface area contributed by atoms with Crippen LogP contribution in [0, 0.1) is 11.8 Å². The Morgan fingerprint density at radius 1 is 1.21 bits per heavy atom. The average molecular weight is 296 g/mol. The Bertz CT molecular complexity index is 443. The highest BCUT2D eigenvalue weighted by molar-refractivity contribution is 5.85. The van der Waals surface area contributed by atoms with Gasteiger partial charge in [-0.05, 0) is 6.42 Å². The van der Waals surface area contributed by atoms with Gasteiger partial charge in [0.05, 0.1) is 0 Å². The van der Waals surface area contributed by atoms with E-state index in [2.05, 4.69) is 15.3 Å². The van der Waals surface area contributed by atoms with Crippen LogP contribution in [-0.2, 0) is 6.18 Å². The summed E-state index contributed by atoms with van der Waals surface area (Å²) in [6.07, 6.45) is -2.50. The molecule has 106 valence electrons. The first kappa shape index (κ1) is 14.3. The first-order valence-corrected chi connectivity index (χ1v) is 5.80. The van der Waals surface area contributed by atoms with Gasteiger partial charge in [-0.2, -0.15) is 13.2 Å². The molecule has 0 aromatic carbocycles. The third-order valence-corrected chi connectivity index (χ3v) is 3.54. The van der Waals surface area contributed by atoms with Gasteiger partial charge in [0.2, 0.25) is 5.88 Å². The molecule has 1 saturated carbocycles. The minimum atomic E-state index is -4.46. The van der Waals surface area contributed by atoms with Gasteiger partial charge < -0.3 is 10.1 Å². The van der Waals surface area contributed by atoms with Crippen LogP contribution in [0.1, 0.15) is 12.1 Å². The molecule has 1 N–H and O–H groups in total. The van der Waals surface area contributed by atoms with Gasteiger partial charge in [-0.3, -0.25) is 0 Å². The lowest BCUT2D eigenvalue weighted by Crippen LogP contribution is -2.59. The molecule has 2 fully saturated rings. The molecule has 4 nitrogen and oxygen atoms in total. The Kier molecular flexibility index (Phi) is 3.87. The van der Waals surface area contributed by atoms with Crippen molar-refractivity contribution in [1.82, 2.24) is 15.3 Å². The van der Waals surface area contributed by atoms with E-state index < -0.39 is 11.9 Å². The number of rotatable bonds is 2. The molecule has 1 aliphatic heterocycles. The fraction of sp³-hybridized carbons (Fsp3) is 0.636. The summed E-state index contributed by atoms with van der Waals surface area (Å²) in [6.45, 7) is 1.72. The maximum atomic E-state index is 12.5. The number of nitrogens with zero attached hydrogens (tertiary/aromatic N) is 2. The fourth-order valence-corrected chi connectivity index (χ4v) is 2.59. The second kappa shape index (κ2) is 5.13. The molecule has 1 unspecified atom stereocenters. The minimum absolute atomic E-state index is 0. The number of nitrogens with one attached hydrogen (secondary N) is 1. The standard InChI is InChI=1S/C11H12F3N3O.ClH/c12-11(13,14)8-2-9(17-5-16-8)18-10-6-1-7(10)4-15-3-6;/h2,5-7,10,15H,1,3-4H2;1H/t6-,7+,10?;. The molecule has 2 aliphatic rings. The number of ether oxygens (including phenoxy) is 1. The van der Waals surface area contributed by atoms with Crippen molar-refractivity contribution in [2.24, 2.45) is 11.8 Å². The molecular weight excluding hydrogens is 283 g/mol. The van der Waals surface area contributed by atoms with Crippen LogP contribution in [0.15, 0.2) is 12.4 Å². The van der Waals surface area contributed by atoms with Gasteiger partial charge in [-0.1, -0.05) is 0 Å². The number of hydrogen-bond donors (Lipinski definition) is 1. The highest BCUT2D eigenvalue weighted by Gasteiger charge is 2.46. The highest BCUT2D eigenvalue weighted by Crippen LogP contribution is 2.39. The van der Waals surface area contributed by atoms with Crippen LogP contribution in [0.2, 0.25) is 0 Å². The van der Waals surface area contributed by atoms with E-state index in [1.165, 1.54) is 0 Å². The summed E-state index contributed by atoms with van der Waals surface area (Å²) in [5.74, 6) is 0.778. The van der Waals surface area contributed by atoms with Crippen molar-refractivity contribution in [3.05, 3.63) is 18.1 Å². The van der Waals surface area contributed by atoms with Crippen LogP contribution >= 0.6 is 12.4 Å². The molecule has 8 heteroatoms. The predicted molar refractivity (Wildman–Crippen MR) is 63.2 cm³/mol. The third kappa shape index (κ3) is 2.76. The first-order chi connectivity index (χ1) is 8.54. The lowest BCUT2D eigenvalue weighted by Gasteiger charge is -2.48. The first-order valence-electron chi connectivity index (χ1n) is 5.80. The number of fused-ring (bicyclic) bond motifs is 2. The van der Waals surface area contributed by atoms with E-state index in [4.69, 9.17) is 4.74 Å². The topological polar surface area (TPSA) is 47.0 Å². The third-order valence-electron chi connectivity index (χ3n) is 3.54. The van der Waals surface area contributed by atoms with E-state index in [0.29, 0.717) is 11.8 Å². The summed E-state index contributed by atoms with van der Waals surface area (Å²) < 4.78 is 43.0. The van der Waals surface area contributed by atoms with Crippen molar-refractivity contribution < 1.29 is 17.9 Å². The lowest BCUT2D eigenvalue weighted by molar-refractivity contribution is -0.141. The van der Waals surface area contributed by atoms with Gasteiger partial charge in [-0.25, -0.2) is 9.97 Å². The van der Waals surface area contributed by atoms with Crippen molar-refractivity contribution in [1.29, 1.82) is 0 Å². The average Bonchev–Trinajstić information content (AvgIpc) is 2.36. The monoisotopic (exact) mass is 295 g/mol. The van der Waals surface area contributed by atoms with E-state index in [1.807, 2.05) is 0 Å². The van der Waals surface area contributed by atoms with Gasteiger partial charge in [0.25, 0.3) is 0 Å². The summed E-state index contributed by atoms with van der Waals surface area (Å²) in [4.78, 5) is 6.95. The smallest absolute Gasteiger partial charge is 0.433 e. The minimum Gasteiger partial charge on any atom is -0.474 e. The van der Waals surface area contributed by atoms with Crippen molar-refractivity contribution in [3.63, 3.8) is 0 Å². The summed E-state index contributed by atoms with van der Waals surface area (Å²) in [5, 5.41) is 3.24. The molecule has 1 aliphatic carbocycles. The molecule has 2 bridgehead atoms. The molecule has 0 spiro atoms. The maximum Gasteiger partial charge on any atom is 0.433 e. The van der Waals surface area contributed by atoms with Crippen LogP contribution in [-0.4, -0.2) is 29.2 Å². The molecule has 1 aromatic rings. The second-order valence-electron chi connectivity index (χ2n) is 4.74. The SMILES string of the molecule is Cl.FC(F)(F)c1cc(OC2[C@@H]3CNC[C@H]2C3)ncn1. The van der Waals surface area contributed by atoms with Crippen LogP contribution in [0.5, 0.6) is 5.88 Å². The number of alkyl halides is 3. The summed E-state index contributed by atoms with van der Waals surface area (Å²) in [7, 11) is 0. The van der Waals surface area contributed by atoms with Crippen LogP contribution in [0.3, 0.4) is 0 Å². The predicted octanol–water partition coefficient (Wildman–Crippen LogP) is 1.90. The van der Waals surface area contributed by atoms with Crippen LogP contribution in [0.4, 0.5) is 13.2 Å². The van der Waals surface area contributed by atoms with Gasteiger partial charge in [0.1, 0.15) is 12.4 Å². The largest absolute Gasteiger partial charge is 0.474 e. The molecule has 1 saturated heterocycles. The molecular formula is C11H13ClF3N3O. The van der Waals surface area contributed by atoms with E-state index in [0.717, 1.165) is 31.9 Å². The lowest BCUT2D eigenvalue weighted by atomic mass is 9.69. The zero-order valence-corrected chi connectivity index (χ0v) is 10.7. The molecule has 2 heterocycles. The zero-order chi connectivity index (χ0) is 12.8. The van der Waals surface area contributed by atoms with Gasteiger partial charge in [-0.15, -0.1) is 12.4 Å². The van der Waals surface area contributed by atoms with Crippen LogP contribution in [0.25, 0.3) is 0 Å². The Hall–Kier alpha value is -1.08. The number of aromatic nitrogens is 2. The number of halogens is 4. The van der Waals surface area contributed by atoms with Crippen molar-refractivity contribution in [2.45, 2.75) is 18.7 Å².